The molecule has 1 atom stereocenters. The number of thioether (sulfide) groups is 2. The number of hydrogen-bond donors (Lipinski definition) is 4. The van der Waals surface area contributed by atoms with E-state index in [2.05, 4.69) is 50.5 Å². The van der Waals surface area contributed by atoms with Crippen molar-refractivity contribution in [2.75, 3.05) is 10.8 Å². The van der Waals surface area contributed by atoms with Crippen molar-refractivity contribution in [1.29, 1.82) is 0 Å². The molecule has 0 amide bonds. The zero-order chi connectivity index (χ0) is 9.61. The third kappa shape index (κ3) is 10.2. The van der Waals surface area contributed by atoms with Crippen LogP contribution in [-0.2, 0) is 0 Å². The maximum absolute atomic E-state index is 4.42. The van der Waals surface area contributed by atoms with Crippen molar-refractivity contribution < 1.29 is 0 Å². The number of thiol groups is 4. The molecule has 0 aliphatic rings. The molecule has 74 valence electrons. The normalized spacial score (nSPS) is 14.8. The molecule has 0 bridgehead atoms. The minimum Gasteiger partial charge on any atom is -0.168 e. The van der Waals surface area contributed by atoms with Crippen molar-refractivity contribution in [2.45, 2.75) is 21.3 Å². The summed E-state index contributed by atoms with van der Waals surface area (Å²) >= 11 is 20.6. The molecule has 0 heterocycles. The van der Waals surface area contributed by atoms with Gasteiger partial charge >= 0.3 is 0 Å². The Balaban J connectivity index is 3.40. The molecule has 0 aromatic heterocycles. The molecule has 0 aromatic rings. The molecule has 6 heteroatoms. The van der Waals surface area contributed by atoms with Crippen LogP contribution in [0.25, 0.3) is 0 Å². The van der Waals surface area contributed by atoms with E-state index in [-0.39, 0.29) is 3.41 Å². The summed E-state index contributed by atoms with van der Waals surface area (Å²) in [6.45, 7) is 1.96. The lowest BCUT2D eigenvalue weighted by molar-refractivity contribution is 1.07. The third-order valence-corrected chi connectivity index (χ3v) is 4.38. The quantitative estimate of drug-likeness (QED) is 0.333. The second-order valence-electron chi connectivity index (χ2n) is 2.33. The lowest BCUT2D eigenvalue weighted by Crippen LogP contribution is -2.06. The topological polar surface area (TPSA) is 0 Å². The van der Waals surface area contributed by atoms with E-state index in [1.165, 1.54) is 0 Å². The second-order valence-corrected chi connectivity index (χ2v) is 9.52. The molecule has 0 saturated carbocycles. The Morgan fingerprint density at radius 2 is 2.00 bits per heavy atom. The number of rotatable bonds is 6. The summed E-state index contributed by atoms with van der Waals surface area (Å²) in [5.41, 5.74) is 0. The van der Waals surface area contributed by atoms with E-state index in [9.17, 15) is 0 Å². The van der Waals surface area contributed by atoms with Gasteiger partial charge < -0.3 is 0 Å². The molecule has 12 heavy (non-hydrogen) atoms. The average Bonchev–Trinajstić information content (AvgIpc) is 1.84. The van der Waals surface area contributed by atoms with Crippen LogP contribution in [-0.4, -0.2) is 18.8 Å². The van der Waals surface area contributed by atoms with Gasteiger partial charge in [-0.1, -0.05) is 0 Å². The zero-order valence-corrected chi connectivity index (χ0v) is 12.0. The van der Waals surface area contributed by atoms with Gasteiger partial charge in [0.15, 0.2) is 0 Å². The van der Waals surface area contributed by atoms with E-state index >= 15 is 0 Å². The van der Waals surface area contributed by atoms with Gasteiger partial charge in [0.1, 0.15) is 0 Å². The molecule has 0 aliphatic heterocycles. The molecule has 1 unspecified atom stereocenters. The Morgan fingerprint density at radius 1 is 1.42 bits per heavy atom. The van der Waals surface area contributed by atoms with Crippen LogP contribution in [0.3, 0.4) is 0 Å². The van der Waals surface area contributed by atoms with Crippen LogP contribution in [0.1, 0.15) is 13.3 Å². The molecule has 0 nitrogen and oxygen atoms in total. The molecular formula is C6H14S6. The van der Waals surface area contributed by atoms with Crippen LogP contribution in [0.4, 0.5) is 0 Å². The Morgan fingerprint density at radius 3 is 2.42 bits per heavy atom. The Hall–Kier alpha value is 2.10. The van der Waals surface area contributed by atoms with Gasteiger partial charge in [-0.2, -0.15) is 62.3 Å². The van der Waals surface area contributed by atoms with Gasteiger partial charge in [0.25, 0.3) is 0 Å². The predicted molar refractivity (Wildman–Crippen MR) is 77.7 cm³/mol. The summed E-state index contributed by atoms with van der Waals surface area (Å²) in [5, 5.41) is 0.879. The van der Waals surface area contributed by atoms with E-state index in [0.29, 0.717) is 4.58 Å². The van der Waals surface area contributed by atoms with Gasteiger partial charge in [-0.3, -0.25) is 0 Å². The van der Waals surface area contributed by atoms with E-state index in [4.69, 9.17) is 0 Å². The first kappa shape index (κ1) is 14.1. The monoisotopic (exact) mass is 278 g/mol. The summed E-state index contributed by atoms with van der Waals surface area (Å²) < 4.78 is 0.0373. The van der Waals surface area contributed by atoms with Crippen molar-refractivity contribution in [3.63, 3.8) is 0 Å². The molecule has 0 spiro atoms. The first-order valence-electron chi connectivity index (χ1n) is 3.45. The molecule has 0 rings (SSSR count). The maximum Gasteiger partial charge on any atom is 0.0991 e. The summed E-state index contributed by atoms with van der Waals surface area (Å²) in [6, 6.07) is 0. The molecule has 0 radical (unpaired) electrons. The van der Waals surface area contributed by atoms with Crippen LogP contribution in [0.5, 0.6) is 0 Å². The van der Waals surface area contributed by atoms with Crippen molar-refractivity contribution in [3.8, 4) is 0 Å². The smallest absolute Gasteiger partial charge is 0.0991 e. The maximum atomic E-state index is 4.42. The first-order valence-corrected chi connectivity index (χ1v) is 7.52. The number of hydrogen-bond acceptors (Lipinski definition) is 6. The van der Waals surface area contributed by atoms with E-state index in [1.54, 1.807) is 11.8 Å². The van der Waals surface area contributed by atoms with Crippen molar-refractivity contribution >= 4 is 74.0 Å². The highest BCUT2D eigenvalue weighted by Gasteiger charge is 2.17. The Labute approximate surface area is 105 Å². The highest BCUT2D eigenvalue weighted by molar-refractivity contribution is 8.27. The fourth-order valence-electron chi connectivity index (χ4n) is 0.565. The lowest BCUT2D eigenvalue weighted by Gasteiger charge is -2.20. The summed E-state index contributed by atoms with van der Waals surface area (Å²) in [6.07, 6.45) is 1.07. The van der Waals surface area contributed by atoms with E-state index in [0.717, 1.165) is 17.3 Å². The molecular weight excluding hydrogens is 264 g/mol. The minimum atomic E-state index is -0.280. The standard InChI is InChI=1S/C6H14S6/c1-6(9,10)12-5(8)2-3-11-4-7/h5,7-10H,2-4H2,1H3. The summed E-state index contributed by atoms with van der Waals surface area (Å²) in [4.78, 5) is 0. The predicted octanol–water partition coefficient (Wildman–Crippen LogP) is 3.52. The van der Waals surface area contributed by atoms with Gasteiger partial charge in [0, 0.05) is 5.08 Å². The van der Waals surface area contributed by atoms with Crippen LogP contribution in [0, 0.1) is 0 Å². The molecule has 0 fully saturated rings. The van der Waals surface area contributed by atoms with Crippen molar-refractivity contribution in [3.05, 3.63) is 0 Å². The fourth-order valence-corrected chi connectivity index (χ4v) is 4.58. The SMILES string of the molecule is CC(S)(S)SC(S)CCSCS. The van der Waals surface area contributed by atoms with Gasteiger partial charge in [-0.25, -0.2) is 0 Å². The minimum absolute atomic E-state index is 0.280. The van der Waals surface area contributed by atoms with Gasteiger partial charge in [0.05, 0.1) is 7.99 Å². The average molecular weight is 279 g/mol. The second kappa shape index (κ2) is 7.40. The van der Waals surface area contributed by atoms with E-state index in [1.807, 2.05) is 18.7 Å². The zero-order valence-electron chi connectivity index (χ0n) is 6.80. The molecule has 0 aromatic carbocycles. The molecule has 0 N–H and O–H groups in total. The largest absolute Gasteiger partial charge is 0.168 e. The van der Waals surface area contributed by atoms with Crippen LogP contribution in [0.15, 0.2) is 0 Å². The highest BCUT2D eigenvalue weighted by Crippen LogP contribution is 2.38. The Bertz CT molecular complexity index is 109. The van der Waals surface area contributed by atoms with Crippen molar-refractivity contribution in [1.82, 2.24) is 0 Å². The van der Waals surface area contributed by atoms with Crippen LogP contribution >= 0.6 is 74.0 Å². The Kier molecular flexibility index (Phi) is 8.69. The summed E-state index contributed by atoms with van der Waals surface area (Å²) in [5.74, 6) is 1.10. The third-order valence-electron chi connectivity index (χ3n) is 0.960. The van der Waals surface area contributed by atoms with Crippen LogP contribution < -0.4 is 0 Å². The van der Waals surface area contributed by atoms with Crippen molar-refractivity contribution in [2.24, 2.45) is 0 Å². The van der Waals surface area contributed by atoms with E-state index < -0.39 is 0 Å². The first-order chi connectivity index (χ1) is 5.45. The van der Waals surface area contributed by atoms with Gasteiger partial charge in [0.2, 0.25) is 0 Å². The lowest BCUT2D eigenvalue weighted by atomic mass is 10.6. The van der Waals surface area contributed by atoms with Crippen LogP contribution in [0.2, 0.25) is 0 Å². The fraction of sp³-hybridized carbons (Fsp3) is 1.00. The molecule has 0 aliphatic carbocycles. The summed E-state index contributed by atoms with van der Waals surface area (Å²) in [7, 11) is 0. The van der Waals surface area contributed by atoms with Gasteiger partial charge in [-0.15, -0.1) is 11.8 Å². The highest BCUT2D eigenvalue weighted by atomic mass is 32.2. The molecule has 0 saturated heterocycles. The van der Waals surface area contributed by atoms with Gasteiger partial charge in [-0.05, 0) is 19.1 Å².